The van der Waals surface area contributed by atoms with Crippen LogP contribution in [0.25, 0.3) is 21.8 Å². The number of aliphatic carboxylic acids is 1. The highest BCUT2D eigenvalue weighted by Gasteiger charge is 2.35. The van der Waals surface area contributed by atoms with Crippen molar-refractivity contribution >= 4 is 45.6 Å². The van der Waals surface area contributed by atoms with Crippen molar-refractivity contribution in [3.05, 3.63) is 130 Å². The Labute approximate surface area is 291 Å². The van der Waals surface area contributed by atoms with Crippen LogP contribution in [0.5, 0.6) is 11.5 Å². The number of carbonyl (C=O) groups excluding carboxylic acids is 3. The van der Waals surface area contributed by atoms with E-state index in [-0.39, 0.29) is 28.5 Å². The van der Waals surface area contributed by atoms with E-state index in [0.29, 0.717) is 50.7 Å². The van der Waals surface area contributed by atoms with E-state index in [4.69, 9.17) is 4.74 Å². The standard InChI is InChI=1S/C40H34F2N2O7/c1-5-21(2)36(37-23(4)44(34-14-12-28(45)18-32(34)37)39(49)25-9-7-11-27(42)17-25)40(50)51-29-13-15-33-31(19-29)30(20-35(46)47)22(3)43(33)38(48)24-8-6-10-26(41)16-24/h6-19,21,36,45H,5,20H2,1-4H3,(H,46,47). The molecule has 2 aromatic heterocycles. The summed E-state index contributed by atoms with van der Waals surface area (Å²) < 4.78 is 36.9. The van der Waals surface area contributed by atoms with E-state index >= 15 is 0 Å². The number of aromatic hydroxyl groups is 1. The monoisotopic (exact) mass is 692 g/mol. The number of carbonyl (C=O) groups is 4. The van der Waals surface area contributed by atoms with Gasteiger partial charge in [0.25, 0.3) is 11.8 Å². The summed E-state index contributed by atoms with van der Waals surface area (Å²) in [4.78, 5) is 53.5. The van der Waals surface area contributed by atoms with Crippen LogP contribution in [0.3, 0.4) is 0 Å². The number of fused-ring (bicyclic) bond motifs is 2. The van der Waals surface area contributed by atoms with Crippen LogP contribution in [0.15, 0.2) is 84.9 Å². The lowest BCUT2D eigenvalue weighted by Crippen LogP contribution is -2.25. The van der Waals surface area contributed by atoms with E-state index in [9.17, 15) is 38.2 Å². The summed E-state index contributed by atoms with van der Waals surface area (Å²) in [7, 11) is 0. The second-order valence-electron chi connectivity index (χ2n) is 12.6. The highest BCUT2D eigenvalue weighted by atomic mass is 19.1. The van der Waals surface area contributed by atoms with E-state index in [0.717, 1.165) is 12.1 Å². The normalized spacial score (nSPS) is 12.6. The van der Waals surface area contributed by atoms with Crippen molar-refractivity contribution in [2.45, 2.75) is 46.5 Å². The highest BCUT2D eigenvalue weighted by Crippen LogP contribution is 2.40. The minimum Gasteiger partial charge on any atom is -0.508 e. The van der Waals surface area contributed by atoms with Crippen LogP contribution in [0.2, 0.25) is 0 Å². The summed E-state index contributed by atoms with van der Waals surface area (Å²) in [5.74, 6) is -5.32. The quantitative estimate of drug-likeness (QED) is 0.116. The summed E-state index contributed by atoms with van der Waals surface area (Å²) in [6.45, 7) is 7.04. The van der Waals surface area contributed by atoms with Crippen LogP contribution in [0.1, 0.15) is 69.4 Å². The maximum atomic E-state index is 14.3. The summed E-state index contributed by atoms with van der Waals surface area (Å²) >= 11 is 0. The molecule has 11 heteroatoms. The largest absolute Gasteiger partial charge is 0.508 e. The zero-order valence-electron chi connectivity index (χ0n) is 28.2. The van der Waals surface area contributed by atoms with Gasteiger partial charge in [0.2, 0.25) is 0 Å². The lowest BCUT2D eigenvalue weighted by molar-refractivity contribution is -0.138. The number of carboxylic acid groups (broad SMARTS) is 1. The molecule has 51 heavy (non-hydrogen) atoms. The van der Waals surface area contributed by atoms with Gasteiger partial charge in [-0.2, -0.15) is 0 Å². The smallest absolute Gasteiger partial charge is 0.319 e. The van der Waals surface area contributed by atoms with Crippen molar-refractivity contribution in [1.29, 1.82) is 0 Å². The van der Waals surface area contributed by atoms with Crippen molar-refractivity contribution in [1.82, 2.24) is 9.13 Å². The third kappa shape index (κ3) is 6.38. The lowest BCUT2D eigenvalue weighted by Gasteiger charge is -2.22. The Morgan fingerprint density at radius 2 is 1.33 bits per heavy atom. The number of halogens is 2. The molecule has 6 rings (SSSR count). The number of phenolic OH excluding ortho intramolecular Hbond substituents is 1. The topological polar surface area (TPSA) is 128 Å². The fourth-order valence-electron chi connectivity index (χ4n) is 6.80. The zero-order valence-corrected chi connectivity index (χ0v) is 28.2. The van der Waals surface area contributed by atoms with Crippen molar-refractivity contribution in [3.8, 4) is 11.5 Å². The molecule has 0 saturated heterocycles. The van der Waals surface area contributed by atoms with Crippen LogP contribution in [0.4, 0.5) is 8.78 Å². The number of ether oxygens (including phenoxy) is 1. The van der Waals surface area contributed by atoms with Gasteiger partial charge in [-0.15, -0.1) is 0 Å². The average molecular weight is 693 g/mol. The van der Waals surface area contributed by atoms with Crippen molar-refractivity contribution in [2.24, 2.45) is 5.92 Å². The number of hydrogen-bond acceptors (Lipinski definition) is 6. The number of esters is 1. The van der Waals surface area contributed by atoms with Gasteiger partial charge in [-0.3, -0.25) is 28.3 Å². The third-order valence-electron chi connectivity index (χ3n) is 9.42. The molecule has 260 valence electrons. The summed E-state index contributed by atoms with van der Waals surface area (Å²) in [6.07, 6.45) is 0.106. The van der Waals surface area contributed by atoms with Gasteiger partial charge < -0.3 is 14.9 Å². The number of rotatable bonds is 9. The van der Waals surface area contributed by atoms with Gasteiger partial charge in [0.05, 0.1) is 23.4 Å². The van der Waals surface area contributed by atoms with Crippen molar-refractivity contribution in [2.75, 3.05) is 0 Å². The van der Waals surface area contributed by atoms with E-state index in [1.165, 1.54) is 69.8 Å². The fraction of sp³-hybridized carbons (Fsp3) is 0.200. The number of hydrogen-bond donors (Lipinski definition) is 2. The Bertz CT molecular complexity index is 2390. The molecule has 0 spiro atoms. The molecule has 6 aromatic rings. The predicted octanol–water partition coefficient (Wildman–Crippen LogP) is 7.94. The Kier molecular flexibility index (Phi) is 9.31. The molecule has 4 aromatic carbocycles. The Morgan fingerprint density at radius 1 is 0.765 bits per heavy atom. The van der Waals surface area contributed by atoms with E-state index in [1.807, 2.05) is 13.8 Å². The minimum absolute atomic E-state index is 0.0697. The summed E-state index contributed by atoms with van der Waals surface area (Å²) in [5.41, 5.74) is 2.46. The van der Waals surface area contributed by atoms with Gasteiger partial charge >= 0.3 is 11.9 Å². The van der Waals surface area contributed by atoms with Crippen LogP contribution >= 0.6 is 0 Å². The number of aromatic nitrogens is 2. The summed E-state index contributed by atoms with van der Waals surface area (Å²) in [5, 5.41) is 21.0. The third-order valence-corrected chi connectivity index (χ3v) is 9.42. The molecule has 2 atom stereocenters. The maximum absolute atomic E-state index is 14.3. The second-order valence-corrected chi connectivity index (χ2v) is 12.6. The molecule has 0 aliphatic rings. The Morgan fingerprint density at radius 3 is 1.90 bits per heavy atom. The zero-order chi connectivity index (χ0) is 36.7. The first-order valence-corrected chi connectivity index (χ1v) is 16.3. The van der Waals surface area contributed by atoms with Gasteiger partial charge in [0, 0.05) is 33.3 Å². The molecule has 2 unspecified atom stereocenters. The maximum Gasteiger partial charge on any atom is 0.319 e. The molecule has 0 amide bonds. The van der Waals surface area contributed by atoms with Crippen molar-refractivity contribution < 1.29 is 42.9 Å². The van der Waals surface area contributed by atoms with Crippen LogP contribution in [-0.2, 0) is 16.0 Å². The molecule has 0 aliphatic heterocycles. The molecule has 0 aliphatic carbocycles. The SMILES string of the molecule is CCC(C)C(C(=O)Oc1ccc2c(c1)c(CC(=O)O)c(C)n2C(=O)c1cccc(F)c1)c1c(C)n(C(=O)c2cccc(F)c2)c2ccc(O)cc12. The predicted molar refractivity (Wildman–Crippen MR) is 186 cm³/mol. The van der Waals surface area contributed by atoms with Crippen LogP contribution < -0.4 is 4.74 Å². The molecule has 0 bridgehead atoms. The Balaban J connectivity index is 1.45. The van der Waals surface area contributed by atoms with Gasteiger partial charge in [0.15, 0.2) is 0 Å². The fourth-order valence-corrected chi connectivity index (χ4v) is 6.80. The highest BCUT2D eigenvalue weighted by molar-refractivity contribution is 6.06. The Hall–Kier alpha value is -6.10. The van der Waals surface area contributed by atoms with Gasteiger partial charge in [-0.25, -0.2) is 8.78 Å². The van der Waals surface area contributed by atoms with Crippen LogP contribution in [-0.4, -0.2) is 43.1 Å². The van der Waals surface area contributed by atoms with Crippen LogP contribution in [0, 0.1) is 31.4 Å². The van der Waals surface area contributed by atoms with Gasteiger partial charge in [-0.1, -0.05) is 32.4 Å². The van der Waals surface area contributed by atoms with E-state index in [1.54, 1.807) is 26.0 Å². The van der Waals surface area contributed by atoms with Crippen molar-refractivity contribution in [3.63, 3.8) is 0 Å². The molecule has 0 radical (unpaired) electrons. The molecular formula is C40H34F2N2O7. The number of nitrogens with zero attached hydrogens (tertiary/aromatic N) is 2. The number of benzene rings is 4. The first-order valence-electron chi connectivity index (χ1n) is 16.3. The number of carboxylic acids is 1. The molecule has 9 nitrogen and oxygen atoms in total. The first-order chi connectivity index (χ1) is 24.3. The first kappa shape index (κ1) is 34.8. The summed E-state index contributed by atoms with van der Waals surface area (Å²) in [6, 6.07) is 19.5. The molecule has 2 heterocycles. The van der Waals surface area contributed by atoms with Gasteiger partial charge in [0.1, 0.15) is 23.1 Å². The molecule has 0 fully saturated rings. The molecule has 0 saturated carbocycles. The van der Waals surface area contributed by atoms with Gasteiger partial charge in [-0.05, 0) is 104 Å². The lowest BCUT2D eigenvalue weighted by atomic mass is 9.84. The average Bonchev–Trinajstić information content (AvgIpc) is 3.52. The minimum atomic E-state index is -1.14. The number of phenols is 1. The second kappa shape index (κ2) is 13.7. The molecule has 2 N–H and O–H groups in total. The van der Waals surface area contributed by atoms with E-state index in [2.05, 4.69) is 0 Å². The van der Waals surface area contributed by atoms with E-state index < -0.39 is 47.7 Å². The molecular weight excluding hydrogens is 658 g/mol.